The second-order valence-electron chi connectivity index (χ2n) is 6.59. The van der Waals surface area contributed by atoms with Gasteiger partial charge in [-0.1, -0.05) is 11.6 Å². The third-order valence-electron chi connectivity index (χ3n) is 4.91. The van der Waals surface area contributed by atoms with E-state index in [2.05, 4.69) is 0 Å². The van der Waals surface area contributed by atoms with E-state index in [-0.39, 0.29) is 35.0 Å². The Balaban J connectivity index is 1.59. The number of rotatable bonds is 3. The average molecular weight is 420 g/mol. The van der Waals surface area contributed by atoms with Crippen molar-refractivity contribution in [2.75, 3.05) is 39.3 Å². The van der Waals surface area contributed by atoms with Crippen LogP contribution in [0.25, 0.3) is 0 Å². The Morgan fingerprint density at radius 2 is 1.81 bits per heavy atom. The molecule has 2 saturated heterocycles. The van der Waals surface area contributed by atoms with Crippen molar-refractivity contribution in [2.24, 2.45) is 5.92 Å². The first-order valence-corrected chi connectivity index (χ1v) is 11.2. The molecule has 26 heavy (non-hydrogen) atoms. The number of piperidine rings is 1. The van der Waals surface area contributed by atoms with Crippen molar-refractivity contribution in [2.45, 2.75) is 24.0 Å². The van der Waals surface area contributed by atoms with Gasteiger partial charge >= 0.3 is 0 Å². The normalized spacial score (nSPS) is 22.5. The minimum Gasteiger partial charge on any atom is -0.342 e. The number of likely N-dealkylation sites (tertiary alicyclic amines) is 1. The molecule has 1 atom stereocenters. The molecule has 0 unspecified atom stereocenters. The Bertz CT molecular complexity index is 787. The average Bonchev–Trinajstić information content (AvgIpc) is 3.08. The van der Waals surface area contributed by atoms with Crippen LogP contribution in [0.15, 0.2) is 16.3 Å². The molecular formula is C16H22ClN3O4S2. The molecule has 0 spiro atoms. The highest BCUT2D eigenvalue weighted by Crippen LogP contribution is 2.29. The van der Waals surface area contributed by atoms with Crippen LogP contribution in [0.3, 0.4) is 0 Å². The van der Waals surface area contributed by atoms with E-state index >= 15 is 0 Å². The molecular weight excluding hydrogens is 398 g/mol. The summed E-state index contributed by atoms with van der Waals surface area (Å²) in [5.41, 5.74) is 0. The lowest BCUT2D eigenvalue weighted by Gasteiger charge is -2.38. The molecule has 3 heterocycles. The van der Waals surface area contributed by atoms with Crippen LogP contribution in [-0.2, 0) is 19.6 Å². The SMILES string of the molecule is CC(=O)N1CCC[C@@H](C(=O)N2CCN(S(=O)(=O)c3ccc(Cl)s3)CC2)C1. The number of thiophene rings is 1. The minimum atomic E-state index is -3.56. The van der Waals surface area contributed by atoms with Crippen LogP contribution in [0.4, 0.5) is 0 Å². The topological polar surface area (TPSA) is 78.0 Å². The number of carbonyl (C=O) groups is 2. The lowest BCUT2D eigenvalue weighted by molar-refractivity contribution is -0.141. The largest absolute Gasteiger partial charge is 0.342 e. The predicted molar refractivity (Wildman–Crippen MR) is 99.6 cm³/mol. The molecule has 0 bridgehead atoms. The molecule has 1 aromatic heterocycles. The summed E-state index contributed by atoms with van der Waals surface area (Å²) in [4.78, 5) is 27.7. The Kier molecular flexibility index (Phi) is 5.91. The predicted octanol–water partition coefficient (Wildman–Crippen LogP) is 1.49. The van der Waals surface area contributed by atoms with Crippen molar-refractivity contribution < 1.29 is 18.0 Å². The fourth-order valence-electron chi connectivity index (χ4n) is 3.44. The molecule has 7 nitrogen and oxygen atoms in total. The summed E-state index contributed by atoms with van der Waals surface area (Å²) >= 11 is 6.88. The van der Waals surface area contributed by atoms with Gasteiger partial charge in [0.05, 0.1) is 10.3 Å². The lowest BCUT2D eigenvalue weighted by Crippen LogP contribution is -2.53. The van der Waals surface area contributed by atoms with Crippen molar-refractivity contribution in [3.63, 3.8) is 0 Å². The van der Waals surface area contributed by atoms with Crippen molar-refractivity contribution >= 4 is 44.8 Å². The number of hydrogen-bond donors (Lipinski definition) is 0. The van der Waals surface area contributed by atoms with Crippen LogP contribution >= 0.6 is 22.9 Å². The molecule has 0 saturated carbocycles. The molecule has 10 heteroatoms. The molecule has 2 amide bonds. The van der Waals surface area contributed by atoms with E-state index in [1.165, 1.54) is 17.3 Å². The van der Waals surface area contributed by atoms with Crippen molar-refractivity contribution in [1.29, 1.82) is 0 Å². The Hall–Kier alpha value is -1.16. The molecule has 0 radical (unpaired) electrons. The summed E-state index contributed by atoms with van der Waals surface area (Å²) in [6.07, 6.45) is 1.60. The Morgan fingerprint density at radius 1 is 1.12 bits per heavy atom. The van der Waals surface area contributed by atoms with Crippen LogP contribution in [0, 0.1) is 5.92 Å². The van der Waals surface area contributed by atoms with E-state index in [0.717, 1.165) is 24.2 Å². The molecule has 3 rings (SSSR count). The first kappa shape index (κ1) is 19.6. The first-order valence-electron chi connectivity index (χ1n) is 8.59. The van der Waals surface area contributed by atoms with Gasteiger partial charge in [-0.2, -0.15) is 4.31 Å². The summed E-state index contributed by atoms with van der Waals surface area (Å²) in [5.74, 6) is -0.174. The zero-order valence-electron chi connectivity index (χ0n) is 14.6. The summed E-state index contributed by atoms with van der Waals surface area (Å²) < 4.78 is 27.3. The van der Waals surface area contributed by atoms with Gasteiger partial charge in [-0.3, -0.25) is 9.59 Å². The number of amides is 2. The molecule has 0 aliphatic carbocycles. The van der Waals surface area contributed by atoms with Crippen LogP contribution in [0.5, 0.6) is 0 Å². The number of sulfonamides is 1. The third kappa shape index (κ3) is 4.05. The van der Waals surface area contributed by atoms with Gasteiger partial charge in [0.25, 0.3) is 10.0 Å². The fourth-order valence-corrected chi connectivity index (χ4v) is 6.49. The van der Waals surface area contributed by atoms with Crippen molar-refractivity contribution in [1.82, 2.24) is 14.1 Å². The number of piperazine rings is 1. The van der Waals surface area contributed by atoms with Gasteiger partial charge in [0.2, 0.25) is 11.8 Å². The maximum Gasteiger partial charge on any atom is 0.252 e. The monoisotopic (exact) mass is 419 g/mol. The number of hydrogen-bond acceptors (Lipinski definition) is 5. The van der Waals surface area contributed by atoms with Crippen LogP contribution in [0.1, 0.15) is 19.8 Å². The van der Waals surface area contributed by atoms with Crippen LogP contribution < -0.4 is 0 Å². The molecule has 2 aliphatic heterocycles. The molecule has 144 valence electrons. The molecule has 2 fully saturated rings. The number of nitrogens with zero attached hydrogens (tertiary/aromatic N) is 3. The minimum absolute atomic E-state index is 0.00646. The highest BCUT2D eigenvalue weighted by atomic mass is 35.5. The van der Waals surface area contributed by atoms with Gasteiger partial charge in [0, 0.05) is 46.2 Å². The Labute approximate surface area is 162 Å². The van der Waals surface area contributed by atoms with Crippen LogP contribution in [0.2, 0.25) is 4.34 Å². The highest BCUT2D eigenvalue weighted by Gasteiger charge is 2.35. The summed E-state index contributed by atoms with van der Waals surface area (Å²) in [6.45, 7) is 3.96. The van der Waals surface area contributed by atoms with Gasteiger partial charge < -0.3 is 9.80 Å². The maximum absolute atomic E-state index is 12.8. The van der Waals surface area contributed by atoms with Gasteiger partial charge in [-0.05, 0) is 25.0 Å². The fraction of sp³-hybridized carbons (Fsp3) is 0.625. The third-order valence-corrected chi connectivity index (χ3v) is 8.51. The second kappa shape index (κ2) is 7.84. The first-order chi connectivity index (χ1) is 12.3. The van der Waals surface area contributed by atoms with Gasteiger partial charge in [0.15, 0.2) is 0 Å². The van der Waals surface area contributed by atoms with E-state index in [0.29, 0.717) is 30.5 Å². The van der Waals surface area contributed by atoms with Gasteiger partial charge in [-0.15, -0.1) is 11.3 Å². The van der Waals surface area contributed by atoms with Gasteiger partial charge in [0.1, 0.15) is 4.21 Å². The number of halogens is 1. The van der Waals surface area contributed by atoms with Crippen LogP contribution in [-0.4, -0.2) is 73.6 Å². The van der Waals surface area contributed by atoms with E-state index in [9.17, 15) is 18.0 Å². The van der Waals surface area contributed by atoms with E-state index in [1.54, 1.807) is 15.9 Å². The summed E-state index contributed by atoms with van der Waals surface area (Å²) in [7, 11) is -3.56. The zero-order valence-corrected chi connectivity index (χ0v) is 16.9. The van der Waals surface area contributed by atoms with E-state index in [1.807, 2.05) is 0 Å². The smallest absolute Gasteiger partial charge is 0.252 e. The molecule has 1 aromatic rings. The number of carbonyl (C=O) groups excluding carboxylic acids is 2. The summed E-state index contributed by atoms with van der Waals surface area (Å²) in [5, 5.41) is 0. The van der Waals surface area contributed by atoms with E-state index < -0.39 is 10.0 Å². The second-order valence-corrected chi connectivity index (χ2v) is 10.5. The quantitative estimate of drug-likeness (QED) is 0.743. The zero-order chi connectivity index (χ0) is 18.9. The maximum atomic E-state index is 12.8. The summed E-state index contributed by atoms with van der Waals surface area (Å²) in [6, 6.07) is 3.08. The molecule has 0 N–H and O–H groups in total. The lowest BCUT2D eigenvalue weighted by atomic mass is 9.96. The molecule has 0 aromatic carbocycles. The highest BCUT2D eigenvalue weighted by molar-refractivity contribution is 7.91. The Morgan fingerprint density at radius 3 is 2.38 bits per heavy atom. The van der Waals surface area contributed by atoms with Crippen molar-refractivity contribution in [3.05, 3.63) is 16.5 Å². The van der Waals surface area contributed by atoms with E-state index in [4.69, 9.17) is 11.6 Å². The molecule has 2 aliphatic rings. The standard InChI is InChI=1S/C16H22ClN3O4S2/c1-12(21)19-6-2-3-13(11-19)16(22)18-7-9-20(10-8-18)26(23,24)15-5-4-14(17)25-15/h4-5,13H,2-3,6-11H2,1H3/t13-/m1/s1. The van der Waals surface area contributed by atoms with Crippen molar-refractivity contribution in [3.8, 4) is 0 Å². The van der Waals surface area contributed by atoms with Gasteiger partial charge in [-0.25, -0.2) is 8.42 Å².